The fourth-order valence-electron chi connectivity index (χ4n) is 2.57. The first-order valence-corrected chi connectivity index (χ1v) is 8.21. The normalized spacial score (nSPS) is 25.2. The van der Waals surface area contributed by atoms with Gasteiger partial charge in [-0.05, 0) is 20.8 Å². The summed E-state index contributed by atoms with van der Waals surface area (Å²) in [6.07, 6.45) is 0.0186. The highest BCUT2D eigenvalue weighted by molar-refractivity contribution is 5.68. The van der Waals surface area contributed by atoms with Gasteiger partial charge in [0.15, 0.2) is 0 Å². The average molecular weight is 333 g/mol. The summed E-state index contributed by atoms with van der Waals surface area (Å²) in [5.41, 5.74) is -1.93. The SMILES string of the molecule is CC(C)(C)OC(=O)N1CCC(F)(COCC2COCCO2)CC1. The number of nitrogens with zero attached hydrogens (tertiary/aromatic N) is 1. The van der Waals surface area contributed by atoms with Crippen LogP contribution in [0.5, 0.6) is 0 Å². The third kappa shape index (κ3) is 6.24. The Kier molecular flexibility index (Phi) is 6.22. The van der Waals surface area contributed by atoms with Crippen molar-refractivity contribution >= 4 is 6.09 Å². The lowest BCUT2D eigenvalue weighted by Crippen LogP contribution is -2.48. The van der Waals surface area contributed by atoms with Gasteiger partial charge in [-0.3, -0.25) is 0 Å². The molecule has 2 aliphatic heterocycles. The van der Waals surface area contributed by atoms with Gasteiger partial charge in [-0.1, -0.05) is 0 Å². The number of alkyl halides is 1. The van der Waals surface area contributed by atoms with Gasteiger partial charge in [0.25, 0.3) is 0 Å². The van der Waals surface area contributed by atoms with E-state index in [0.717, 1.165) is 0 Å². The Morgan fingerprint density at radius 3 is 2.57 bits per heavy atom. The number of ether oxygens (including phenoxy) is 4. The molecule has 1 atom stereocenters. The Bertz CT molecular complexity index is 384. The fourth-order valence-corrected chi connectivity index (χ4v) is 2.57. The van der Waals surface area contributed by atoms with Gasteiger partial charge in [0.1, 0.15) is 17.4 Å². The van der Waals surface area contributed by atoms with Crippen LogP contribution in [-0.2, 0) is 18.9 Å². The van der Waals surface area contributed by atoms with Gasteiger partial charge in [-0.2, -0.15) is 0 Å². The molecule has 7 heteroatoms. The number of carbonyl (C=O) groups is 1. The first kappa shape index (κ1) is 18.4. The van der Waals surface area contributed by atoms with Gasteiger partial charge in [0.05, 0.1) is 33.0 Å². The van der Waals surface area contributed by atoms with Crippen molar-refractivity contribution in [1.82, 2.24) is 4.90 Å². The van der Waals surface area contributed by atoms with Crippen molar-refractivity contribution < 1.29 is 28.1 Å². The molecule has 0 saturated carbocycles. The van der Waals surface area contributed by atoms with E-state index in [9.17, 15) is 9.18 Å². The van der Waals surface area contributed by atoms with Crippen LogP contribution in [0.1, 0.15) is 33.6 Å². The summed E-state index contributed by atoms with van der Waals surface area (Å²) in [6.45, 7) is 8.15. The molecule has 0 aromatic heterocycles. The van der Waals surface area contributed by atoms with E-state index in [1.165, 1.54) is 0 Å². The van der Waals surface area contributed by atoms with Crippen LogP contribution in [0.25, 0.3) is 0 Å². The van der Waals surface area contributed by atoms with E-state index >= 15 is 0 Å². The number of halogens is 1. The first-order valence-electron chi connectivity index (χ1n) is 8.21. The number of piperidine rings is 1. The van der Waals surface area contributed by atoms with Crippen molar-refractivity contribution in [3.05, 3.63) is 0 Å². The summed E-state index contributed by atoms with van der Waals surface area (Å²) >= 11 is 0. The molecule has 0 N–H and O–H groups in total. The van der Waals surface area contributed by atoms with Gasteiger partial charge >= 0.3 is 6.09 Å². The number of carbonyl (C=O) groups excluding carboxylic acids is 1. The predicted octanol–water partition coefficient (Wildman–Crippen LogP) is 2.16. The highest BCUT2D eigenvalue weighted by Gasteiger charge is 2.37. The smallest absolute Gasteiger partial charge is 0.410 e. The van der Waals surface area contributed by atoms with Gasteiger partial charge in [0, 0.05) is 25.9 Å². The molecule has 23 heavy (non-hydrogen) atoms. The summed E-state index contributed by atoms with van der Waals surface area (Å²) in [5.74, 6) is 0. The van der Waals surface area contributed by atoms with Crippen molar-refractivity contribution in [1.29, 1.82) is 0 Å². The van der Waals surface area contributed by atoms with Crippen molar-refractivity contribution in [3.8, 4) is 0 Å². The zero-order valence-electron chi connectivity index (χ0n) is 14.3. The van der Waals surface area contributed by atoms with Gasteiger partial charge in [-0.15, -0.1) is 0 Å². The van der Waals surface area contributed by atoms with Crippen LogP contribution < -0.4 is 0 Å². The van der Waals surface area contributed by atoms with Crippen molar-refractivity contribution in [2.45, 2.75) is 51.0 Å². The molecular formula is C16H28FNO5. The molecule has 2 aliphatic rings. The first-order chi connectivity index (χ1) is 10.8. The molecule has 0 aromatic carbocycles. The summed E-state index contributed by atoms with van der Waals surface area (Å²) in [5, 5.41) is 0. The Morgan fingerprint density at radius 2 is 2.00 bits per heavy atom. The molecule has 0 bridgehead atoms. The molecule has 2 saturated heterocycles. The van der Waals surface area contributed by atoms with E-state index in [1.54, 1.807) is 4.90 Å². The zero-order valence-corrected chi connectivity index (χ0v) is 14.3. The molecule has 1 unspecified atom stereocenters. The number of amides is 1. The summed E-state index contributed by atoms with van der Waals surface area (Å²) in [4.78, 5) is 13.5. The molecule has 2 heterocycles. The molecule has 0 spiro atoms. The van der Waals surface area contributed by atoms with Crippen LogP contribution in [0, 0.1) is 0 Å². The average Bonchev–Trinajstić information content (AvgIpc) is 2.47. The number of rotatable bonds is 4. The van der Waals surface area contributed by atoms with Crippen LogP contribution >= 0.6 is 0 Å². The maximum atomic E-state index is 14.7. The molecule has 0 radical (unpaired) electrons. The van der Waals surface area contributed by atoms with Gasteiger partial charge in [0.2, 0.25) is 0 Å². The van der Waals surface area contributed by atoms with Crippen LogP contribution in [0.4, 0.5) is 9.18 Å². The Balaban J connectivity index is 1.68. The monoisotopic (exact) mass is 333 g/mol. The molecule has 2 rings (SSSR count). The van der Waals surface area contributed by atoms with E-state index in [2.05, 4.69) is 0 Å². The maximum Gasteiger partial charge on any atom is 0.410 e. The second-order valence-electron chi connectivity index (χ2n) is 7.20. The minimum Gasteiger partial charge on any atom is -0.444 e. The molecule has 1 amide bonds. The van der Waals surface area contributed by atoms with Crippen LogP contribution in [0.15, 0.2) is 0 Å². The molecule has 2 fully saturated rings. The number of likely N-dealkylation sites (tertiary alicyclic amines) is 1. The maximum absolute atomic E-state index is 14.7. The van der Waals surface area contributed by atoms with E-state index < -0.39 is 11.3 Å². The lowest BCUT2D eigenvalue weighted by Gasteiger charge is -2.37. The summed E-state index contributed by atoms with van der Waals surface area (Å²) in [7, 11) is 0. The second kappa shape index (κ2) is 7.77. The van der Waals surface area contributed by atoms with Crippen LogP contribution in [-0.4, -0.2) is 74.5 Å². The van der Waals surface area contributed by atoms with E-state index in [-0.39, 0.29) is 31.6 Å². The van der Waals surface area contributed by atoms with Crippen molar-refractivity contribution in [3.63, 3.8) is 0 Å². The number of hydrogen-bond donors (Lipinski definition) is 0. The van der Waals surface area contributed by atoms with E-state index in [4.69, 9.17) is 18.9 Å². The lowest BCUT2D eigenvalue weighted by molar-refractivity contribution is -0.126. The molecular weight excluding hydrogens is 305 g/mol. The minimum atomic E-state index is -1.39. The van der Waals surface area contributed by atoms with E-state index in [1.807, 2.05) is 20.8 Å². The second-order valence-corrected chi connectivity index (χ2v) is 7.20. The summed E-state index contributed by atoms with van der Waals surface area (Å²) in [6, 6.07) is 0. The third-order valence-corrected chi connectivity index (χ3v) is 3.86. The minimum absolute atomic E-state index is 0.0228. The topological polar surface area (TPSA) is 57.2 Å². The highest BCUT2D eigenvalue weighted by atomic mass is 19.1. The fraction of sp³-hybridized carbons (Fsp3) is 0.938. The van der Waals surface area contributed by atoms with E-state index in [0.29, 0.717) is 39.5 Å². The molecule has 134 valence electrons. The molecule has 0 aliphatic carbocycles. The highest BCUT2D eigenvalue weighted by Crippen LogP contribution is 2.28. The number of hydrogen-bond acceptors (Lipinski definition) is 5. The Hall–Kier alpha value is -0.920. The molecule has 0 aromatic rings. The van der Waals surface area contributed by atoms with Gasteiger partial charge in [-0.25, -0.2) is 9.18 Å². The quantitative estimate of drug-likeness (QED) is 0.789. The Labute approximate surface area is 137 Å². The third-order valence-electron chi connectivity index (χ3n) is 3.86. The lowest BCUT2D eigenvalue weighted by atomic mass is 9.94. The Morgan fingerprint density at radius 1 is 1.30 bits per heavy atom. The van der Waals surface area contributed by atoms with Crippen molar-refractivity contribution in [2.24, 2.45) is 0 Å². The van der Waals surface area contributed by atoms with Crippen molar-refractivity contribution in [2.75, 3.05) is 46.1 Å². The predicted molar refractivity (Wildman–Crippen MR) is 82.3 cm³/mol. The molecule has 6 nitrogen and oxygen atoms in total. The van der Waals surface area contributed by atoms with Crippen LogP contribution in [0.3, 0.4) is 0 Å². The van der Waals surface area contributed by atoms with Crippen LogP contribution in [0.2, 0.25) is 0 Å². The largest absolute Gasteiger partial charge is 0.444 e. The zero-order chi connectivity index (χ0) is 16.9. The summed E-state index contributed by atoms with van der Waals surface area (Å²) < 4.78 is 36.2. The standard InChI is InChI=1S/C16H28FNO5/c1-15(2,3)23-14(19)18-6-4-16(17,5-7-18)12-21-11-13-10-20-8-9-22-13/h13H,4-12H2,1-3H3. The van der Waals surface area contributed by atoms with Gasteiger partial charge < -0.3 is 23.8 Å².